The van der Waals surface area contributed by atoms with Gasteiger partial charge < -0.3 is 31.9 Å². The van der Waals surface area contributed by atoms with E-state index in [2.05, 4.69) is 22.5 Å². The quantitative estimate of drug-likeness (QED) is 0.217. The second-order valence-electron chi connectivity index (χ2n) is 14.0. The van der Waals surface area contributed by atoms with Crippen LogP contribution in [0.1, 0.15) is 50.7 Å². The fourth-order valence-corrected chi connectivity index (χ4v) is 7.71. The highest BCUT2D eigenvalue weighted by Gasteiger charge is 2.48. The van der Waals surface area contributed by atoms with E-state index in [0.717, 1.165) is 37.1 Å². The van der Waals surface area contributed by atoms with Crippen LogP contribution in [0.3, 0.4) is 0 Å². The maximum absolute atomic E-state index is 14.1. The standard InChI is InChI=1S/C37H51N7O5/c1-3-4-15-32(37(49)43-21-27-19-42(23-33(39)45)20-28(27)22-43)44-24(2)16-31(36(44)48)41-35(47)30(18-26-13-9-6-10-14-26)40-34(46)29(38)17-25-11-7-5-8-12-25/h5-14,24,27-32H,3-4,15-23,38H2,1-2H3,(H2,39,45)(H,40,46)(H,41,47). The van der Waals surface area contributed by atoms with E-state index < -0.39 is 36.0 Å². The van der Waals surface area contributed by atoms with Crippen molar-refractivity contribution >= 4 is 29.5 Å². The summed E-state index contributed by atoms with van der Waals surface area (Å²) in [6.45, 7) is 6.83. The fraction of sp³-hybridized carbons (Fsp3) is 0.541. The summed E-state index contributed by atoms with van der Waals surface area (Å²) in [5.41, 5.74) is 13.4. The van der Waals surface area contributed by atoms with Crippen LogP contribution in [0.5, 0.6) is 0 Å². The molecule has 2 aromatic rings. The van der Waals surface area contributed by atoms with Gasteiger partial charge in [-0.2, -0.15) is 0 Å². The Balaban J connectivity index is 1.25. The Morgan fingerprint density at radius 2 is 1.47 bits per heavy atom. The number of nitrogens with one attached hydrogen (secondary N) is 2. The number of nitrogens with two attached hydrogens (primary N) is 2. The van der Waals surface area contributed by atoms with Gasteiger partial charge in [0.05, 0.1) is 12.6 Å². The van der Waals surface area contributed by atoms with E-state index in [1.165, 1.54) is 0 Å². The molecule has 3 heterocycles. The van der Waals surface area contributed by atoms with Crippen molar-refractivity contribution < 1.29 is 24.0 Å². The fourth-order valence-electron chi connectivity index (χ4n) is 7.71. The molecular formula is C37H51N7O5. The van der Waals surface area contributed by atoms with Crippen molar-refractivity contribution in [3.8, 4) is 0 Å². The van der Waals surface area contributed by atoms with Crippen molar-refractivity contribution in [2.45, 2.75) is 82.6 Å². The topological polar surface area (TPSA) is 171 Å². The minimum Gasteiger partial charge on any atom is -0.369 e. The largest absolute Gasteiger partial charge is 0.369 e. The molecule has 264 valence electrons. The first-order chi connectivity index (χ1) is 23.5. The molecule has 5 rings (SSSR count). The first-order valence-electron chi connectivity index (χ1n) is 17.6. The highest BCUT2D eigenvalue weighted by molar-refractivity contribution is 5.96. The second kappa shape index (κ2) is 16.4. The van der Waals surface area contributed by atoms with Gasteiger partial charge in [0.15, 0.2) is 0 Å². The minimum atomic E-state index is -0.954. The highest BCUT2D eigenvalue weighted by atomic mass is 16.2. The number of hydrogen-bond donors (Lipinski definition) is 4. The third-order valence-electron chi connectivity index (χ3n) is 10.2. The van der Waals surface area contributed by atoms with Crippen LogP contribution in [0.2, 0.25) is 0 Å². The molecule has 49 heavy (non-hydrogen) atoms. The molecule has 2 aromatic carbocycles. The summed E-state index contributed by atoms with van der Waals surface area (Å²) in [5, 5.41) is 5.77. The molecule has 12 heteroatoms. The number of amides is 5. The smallest absolute Gasteiger partial charge is 0.246 e. The van der Waals surface area contributed by atoms with Crippen LogP contribution in [0.15, 0.2) is 60.7 Å². The first kappa shape index (κ1) is 36.0. The molecule has 3 aliphatic rings. The minimum absolute atomic E-state index is 0.0573. The Morgan fingerprint density at radius 1 is 0.878 bits per heavy atom. The van der Waals surface area contributed by atoms with E-state index in [0.29, 0.717) is 32.4 Å². The normalized spacial score (nSPS) is 23.9. The van der Waals surface area contributed by atoms with Gasteiger partial charge in [-0.15, -0.1) is 0 Å². The van der Waals surface area contributed by atoms with Gasteiger partial charge in [-0.1, -0.05) is 80.4 Å². The number of likely N-dealkylation sites (tertiary alicyclic amines) is 3. The van der Waals surface area contributed by atoms with Gasteiger partial charge in [0.25, 0.3) is 0 Å². The van der Waals surface area contributed by atoms with Crippen molar-refractivity contribution in [2.24, 2.45) is 23.3 Å². The number of fused-ring (bicyclic) bond motifs is 1. The van der Waals surface area contributed by atoms with Gasteiger partial charge in [0.1, 0.15) is 18.1 Å². The van der Waals surface area contributed by atoms with Gasteiger partial charge in [0, 0.05) is 38.6 Å². The van der Waals surface area contributed by atoms with Gasteiger partial charge >= 0.3 is 0 Å². The second-order valence-corrected chi connectivity index (χ2v) is 14.0. The molecule has 7 unspecified atom stereocenters. The number of carbonyl (C=O) groups excluding carboxylic acids is 5. The summed E-state index contributed by atoms with van der Waals surface area (Å²) < 4.78 is 0. The Hall–Kier alpha value is -4.29. The Labute approximate surface area is 288 Å². The van der Waals surface area contributed by atoms with Crippen LogP contribution >= 0.6 is 0 Å². The zero-order valence-corrected chi connectivity index (χ0v) is 28.6. The number of primary amides is 1. The first-order valence-corrected chi connectivity index (χ1v) is 17.6. The average molecular weight is 674 g/mol. The van der Waals surface area contributed by atoms with Crippen molar-refractivity contribution in [3.05, 3.63) is 71.8 Å². The van der Waals surface area contributed by atoms with Gasteiger partial charge in [-0.25, -0.2) is 0 Å². The van der Waals surface area contributed by atoms with E-state index in [1.54, 1.807) is 4.90 Å². The summed E-state index contributed by atoms with van der Waals surface area (Å²) in [7, 11) is 0. The molecule has 0 aromatic heterocycles. The van der Waals surface area contributed by atoms with E-state index in [9.17, 15) is 24.0 Å². The van der Waals surface area contributed by atoms with Crippen molar-refractivity contribution in [1.29, 1.82) is 0 Å². The SMILES string of the molecule is CCCCC(C(=O)N1CC2CN(CC(N)=O)CC2C1)N1C(=O)C(NC(=O)C(Cc2ccccc2)NC(=O)C(N)Cc2ccccc2)CC1C. The molecule has 0 radical (unpaired) electrons. The van der Waals surface area contributed by atoms with Crippen molar-refractivity contribution in [2.75, 3.05) is 32.7 Å². The lowest BCUT2D eigenvalue weighted by atomic mass is 10.0. The number of hydrogen-bond acceptors (Lipinski definition) is 7. The van der Waals surface area contributed by atoms with E-state index in [-0.39, 0.29) is 48.6 Å². The number of rotatable bonds is 15. The third kappa shape index (κ3) is 9.04. The monoisotopic (exact) mass is 673 g/mol. The molecule has 3 aliphatic heterocycles. The Morgan fingerprint density at radius 3 is 2.04 bits per heavy atom. The maximum Gasteiger partial charge on any atom is 0.246 e. The van der Waals surface area contributed by atoms with Crippen LogP contribution in [0, 0.1) is 11.8 Å². The Bertz CT molecular complexity index is 1460. The van der Waals surface area contributed by atoms with Crippen LogP contribution in [0.4, 0.5) is 0 Å². The number of benzene rings is 2. The molecule has 0 spiro atoms. The lowest BCUT2D eigenvalue weighted by Crippen LogP contribution is -2.56. The number of unbranched alkanes of at least 4 members (excludes halogenated alkanes) is 1. The van der Waals surface area contributed by atoms with Gasteiger partial charge in [-0.05, 0) is 49.1 Å². The van der Waals surface area contributed by atoms with Gasteiger partial charge in [-0.3, -0.25) is 28.9 Å². The third-order valence-corrected chi connectivity index (χ3v) is 10.2. The van der Waals surface area contributed by atoms with Crippen molar-refractivity contribution in [1.82, 2.24) is 25.3 Å². The Kier molecular flexibility index (Phi) is 12.1. The molecule has 3 fully saturated rings. The van der Waals surface area contributed by atoms with E-state index in [1.807, 2.05) is 72.5 Å². The molecule has 3 saturated heterocycles. The molecule has 0 aliphatic carbocycles. The molecular weight excluding hydrogens is 622 g/mol. The van der Waals surface area contributed by atoms with Gasteiger partial charge in [0.2, 0.25) is 29.5 Å². The summed E-state index contributed by atoms with van der Waals surface area (Å²) >= 11 is 0. The molecule has 0 saturated carbocycles. The zero-order chi connectivity index (χ0) is 35.1. The highest BCUT2D eigenvalue weighted by Crippen LogP contribution is 2.33. The average Bonchev–Trinajstić information content (AvgIpc) is 3.72. The summed E-state index contributed by atoms with van der Waals surface area (Å²) in [6.07, 6.45) is 3.09. The lowest BCUT2D eigenvalue weighted by Gasteiger charge is -2.34. The van der Waals surface area contributed by atoms with Crippen LogP contribution in [0.25, 0.3) is 0 Å². The summed E-state index contributed by atoms with van der Waals surface area (Å²) in [5.74, 6) is -1.08. The number of nitrogens with zero attached hydrogens (tertiary/aromatic N) is 3. The molecule has 6 N–H and O–H groups in total. The summed E-state index contributed by atoms with van der Waals surface area (Å²) in [4.78, 5) is 72.2. The predicted octanol–water partition coefficient (Wildman–Crippen LogP) is 0.824. The van der Waals surface area contributed by atoms with Crippen molar-refractivity contribution in [3.63, 3.8) is 0 Å². The summed E-state index contributed by atoms with van der Waals surface area (Å²) in [6, 6.07) is 15.3. The molecule has 0 bridgehead atoms. The van der Waals surface area contributed by atoms with Crippen LogP contribution in [-0.2, 0) is 36.8 Å². The lowest BCUT2D eigenvalue weighted by molar-refractivity contribution is -0.146. The van der Waals surface area contributed by atoms with E-state index in [4.69, 9.17) is 11.5 Å². The predicted molar refractivity (Wildman–Crippen MR) is 186 cm³/mol. The zero-order valence-electron chi connectivity index (χ0n) is 28.6. The molecule has 12 nitrogen and oxygen atoms in total. The van der Waals surface area contributed by atoms with E-state index >= 15 is 0 Å². The maximum atomic E-state index is 14.1. The molecule has 7 atom stereocenters. The molecule has 5 amide bonds. The number of carbonyl (C=O) groups is 5. The van der Waals surface area contributed by atoms with Crippen LogP contribution in [-0.4, -0.2) is 107 Å². The van der Waals surface area contributed by atoms with Crippen LogP contribution < -0.4 is 22.1 Å².